The van der Waals surface area contributed by atoms with Crippen LogP contribution in [0.1, 0.15) is 138 Å². The fraction of sp³-hybridized carbons (Fsp3) is 0.667. The van der Waals surface area contributed by atoms with Crippen molar-refractivity contribution in [3.63, 3.8) is 0 Å². The molecule has 0 saturated carbocycles. The van der Waals surface area contributed by atoms with E-state index >= 15 is 0 Å². The zero-order chi connectivity index (χ0) is 27.1. The Kier molecular flexibility index (Phi) is 13.4. The van der Waals surface area contributed by atoms with Gasteiger partial charge in [0, 0.05) is 0 Å². The Hall–Kier alpha value is -1.68. The average Bonchev–Trinajstić information content (AvgIpc) is 3.88. The van der Waals surface area contributed by atoms with Crippen LogP contribution in [-0.2, 0) is 27.1 Å². The van der Waals surface area contributed by atoms with E-state index in [0.29, 0.717) is 0 Å². The molecule has 0 spiro atoms. The molecule has 2 fully saturated rings. The number of ether oxygens (including phenoxy) is 3. The molecule has 3 nitrogen and oxygen atoms in total. The largest absolute Gasteiger partial charge is 0.370 e. The summed E-state index contributed by atoms with van der Waals surface area (Å²) in [5.41, 5.74) is 5.35. The van der Waals surface area contributed by atoms with Crippen LogP contribution in [0, 0.1) is 0 Å². The normalized spacial score (nSPS) is 19.6. The van der Waals surface area contributed by atoms with E-state index in [1.165, 1.54) is 112 Å². The Bertz CT molecular complexity index is 857. The molecular weight excluding hydrogens is 480 g/mol. The van der Waals surface area contributed by atoms with E-state index < -0.39 is 0 Å². The second kappa shape index (κ2) is 17.2. The van der Waals surface area contributed by atoms with Crippen LogP contribution in [0.25, 0.3) is 0 Å². The summed E-state index contributed by atoms with van der Waals surface area (Å²) in [4.78, 5) is 0. The van der Waals surface area contributed by atoms with Crippen molar-refractivity contribution in [2.75, 3.05) is 13.2 Å². The predicted molar refractivity (Wildman–Crippen MR) is 162 cm³/mol. The lowest BCUT2D eigenvalue weighted by Gasteiger charge is -2.24. The van der Waals surface area contributed by atoms with Gasteiger partial charge in [-0.3, -0.25) is 0 Å². The molecule has 2 saturated heterocycles. The van der Waals surface area contributed by atoms with E-state index in [-0.39, 0.29) is 24.4 Å². The number of rotatable bonds is 22. The number of benzene rings is 2. The summed E-state index contributed by atoms with van der Waals surface area (Å²) in [7, 11) is 0. The van der Waals surface area contributed by atoms with E-state index in [0.717, 1.165) is 26.1 Å². The number of aryl methyl sites for hydroxylation is 2. The first-order valence-electron chi connectivity index (χ1n) is 16.3. The van der Waals surface area contributed by atoms with Crippen LogP contribution in [0.2, 0.25) is 0 Å². The topological polar surface area (TPSA) is 34.3 Å². The highest BCUT2D eigenvalue weighted by molar-refractivity contribution is 5.29. The predicted octanol–water partition coefficient (Wildman–Crippen LogP) is 9.87. The summed E-state index contributed by atoms with van der Waals surface area (Å²) in [5.74, 6) is 0. The van der Waals surface area contributed by atoms with Gasteiger partial charge in [-0.05, 0) is 47.9 Å². The fourth-order valence-electron chi connectivity index (χ4n) is 5.80. The molecule has 2 unspecified atom stereocenters. The fourth-order valence-corrected chi connectivity index (χ4v) is 5.80. The van der Waals surface area contributed by atoms with E-state index in [2.05, 4.69) is 62.4 Å². The Labute approximate surface area is 239 Å². The van der Waals surface area contributed by atoms with Gasteiger partial charge in [0.25, 0.3) is 0 Å². The quantitative estimate of drug-likeness (QED) is 0.111. The molecule has 0 aliphatic carbocycles. The molecule has 4 rings (SSSR count). The van der Waals surface area contributed by atoms with Gasteiger partial charge in [-0.1, -0.05) is 139 Å². The third-order valence-corrected chi connectivity index (χ3v) is 8.38. The zero-order valence-electron chi connectivity index (χ0n) is 24.9. The van der Waals surface area contributed by atoms with Gasteiger partial charge in [0.05, 0.1) is 13.2 Å². The summed E-state index contributed by atoms with van der Waals surface area (Å²) < 4.78 is 18.5. The molecule has 39 heavy (non-hydrogen) atoms. The van der Waals surface area contributed by atoms with E-state index in [9.17, 15) is 0 Å². The number of unbranched alkanes of at least 4 members (excludes halogenated alkanes) is 12. The maximum Gasteiger partial charge on any atom is 0.112 e. The van der Waals surface area contributed by atoms with Crippen molar-refractivity contribution in [3.05, 3.63) is 70.8 Å². The summed E-state index contributed by atoms with van der Waals surface area (Å²) >= 11 is 0. The summed E-state index contributed by atoms with van der Waals surface area (Å²) in [6.07, 6.45) is 21.4. The molecule has 0 amide bonds. The molecule has 2 aliphatic heterocycles. The van der Waals surface area contributed by atoms with Crippen LogP contribution in [0.3, 0.4) is 0 Å². The number of hydrogen-bond acceptors (Lipinski definition) is 3. The molecule has 2 aliphatic rings. The highest BCUT2D eigenvalue weighted by atomic mass is 16.6. The lowest BCUT2D eigenvalue weighted by Crippen LogP contribution is -2.19. The van der Waals surface area contributed by atoms with Crippen molar-refractivity contribution < 1.29 is 14.2 Å². The van der Waals surface area contributed by atoms with Gasteiger partial charge < -0.3 is 14.2 Å². The molecule has 4 atom stereocenters. The first kappa shape index (κ1) is 30.3. The minimum absolute atomic E-state index is 0.0417. The van der Waals surface area contributed by atoms with Crippen molar-refractivity contribution in [2.45, 2.75) is 141 Å². The molecule has 216 valence electrons. The van der Waals surface area contributed by atoms with Gasteiger partial charge in [0.15, 0.2) is 0 Å². The lowest BCUT2D eigenvalue weighted by atomic mass is 9.98. The van der Waals surface area contributed by atoms with E-state index in [1.54, 1.807) is 0 Å². The smallest absolute Gasteiger partial charge is 0.112 e. The van der Waals surface area contributed by atoms with Crippen molar-refractivity contribution in [1.82, 2.24) is 0 Å². The zero-order valence-corrected chi connectivity index (χ0v) is 24.9. The summed E-state index contributed by atoms with van der Waals surface area (Å²) in [5, 5.41) is 0. The molecule has 0 N–H and O–H groups in total. The maximum absolute atomic E-state index is 6.89. The minimum Gasteiger partial charge on any atom is -0.370 e. The Balaban J connectivity index is 1.31. The molecule has 2 heterocycles. The second-order valence-corrected chi connectivity index (χ2v) is 12.0. The SMILES string of the molecule is CCCCCCCCCc1cccc(C(OC(c2cccc(CCCCCCCCC)c2)[C@@H]2CO2)[C@@H]2CO2)c1. The molecule has 0 bridgehead atoms. The van der Waals surface area contributed by atoms with Crippen LogP contribution in [0.4, 0.5) is 0 Å². The third-order valence-electron chi connectivity index (χ3n) is 8.38. The van der Waals surface area contributed by atoms with E-state index in [1.807, 2.05) is 0 Å². The van der Waals surface area contributed by atoms with Gasteiger partial charge in [-0.2, -0.15) is 0 Å². The second-order valence-electron chi connectivity index (χ2n) is 12.0. The van der Waals surface area contributed by atoms with Gasteiger partial charge in [0.2, 0.25) is 0 Å². The maximum atomic E-state index is 6.89. The molecule has 0 radical (unpaired) electrons. The standard InChI is InChI=1S/C36H54O3/c1-3-5-7-9-11-13-15-19-29-21-17-23-31(25-29)35(33-27-37-33)39-36(34-28-38-34)32-24-18-22-30(26-32)20-16-14-12-10-8-6-4-2/h17-18,21-26,33-36H,3-16,19-20,27-28H2,1-2H3/t33-,34-,35?,36?/m0/s1. The first-order valence-corrected chi connectivity index (χ1v) is 16.3. The van der Waals surface area contributed by atoms with Gasteiger partial charge in [-0.25, -0.2) is 0 Å². The van der Waals surface area contributed by atoms with Crippen molar-refractivity contribution in [3.8, 4) is 0 Å². The highest BCUT2D eigenvalue weighted by Gasteiger charge is 2.42. The van der Waals surface area contributed by atoms with Gasteiger partial charge in [-0.15, -0.1) is 0 Å². The number of epoxide rings is 2. The van der Waals surface area contributed by atoms with Crippen LogP contribution in [0.15, 0.2) is 48.5 Å². The number of hydrogen-bond donors (Lipinski definition) is 0. The van der Waals surface area contributed by atoms with Gasteiger partial charge in [0.1, 0.15) is 24.4 Å². The molecular formula is C36H54O3. The summed E-state index contributed by atoms with van der Waals surface area (Å²) in [6, 6.07) is 18.1. The molecule has 3 heteroatoms. The first-order chi connectivity index (χ1) is 19.3. The Morgan fingerprint density at radius 3 is 1.36 bits per heavy atom. The third kappa shape index (κ3) is 11.0. The van der Waals surface area contributed by atoms with Crippen LogP contribution >= 0.6 is 0 Å². The van der Waals surface area contributed by atoms with Gasteiger partial charge >= 0.3 is 0 Å². The van der Waals surface area contributed by atoms with Crippen molar-refractivity contribution in [1.29, 1.82) is 0 Å². The van der Waals surface area contributed by atoms with Crippen LogP contribution < -0.4 is 0 Å². The monoisotopic (exact) mass is 534 g/mol. The van der Waals surface area contributed by atoms with Crippen molar-refractivity contribution >= 4 is 0 Å². The molecule has 2 aromatic rings. The highest BCUT2D eigenvalue weighted by Crippen LogP contribution is 2.40. The Morgan fingerprint density at radius 1 is 0.590 bits per heavy atom. The Morgan fingerprint density at radius 2 is 0.974 bits per heavy atom. The lowest BCUT2D eigenvalue weighted by molar-refractivity contribution is -0.0419. The van der Waals surface area contributed by atoms with E-state index in [4.69, 9.17) is 14.2 Å². The van der Waals surface area contributed by atoms with Crippen LogP contribution in [0.5, 0.6) is 0 Å². The van der Waals surface area contributed by atoms with Crippen molar-refractivity contribution in [2.24, 2.45) is 0 Å². The minimum atomic E-state index is -0.0417. The molecule has 0 aromatic heterocycles. The van der Waals surface area contributed by atoms with Crippen LogP contribution in [-0.4, -0.2) is 25.4 Å². The molecule has 2 aromatic carbocycles. The average molecular weight is 535 g/mol. The summed E-state index contributed by atoms with van der Waals surface area (Å²) in [6.45, 7) is 6.13.